The van der Waals surface area contributed by atoms with Crippen LogP contribution in [-0.4, -0.2) is 18.7 Å². The number of para-hydroxylation sites is 1. The first-order valence-electron chi connectivity index (χ1n) is 6.98. The number of amides is 1. The molecule has 22 heavy (non-hydrogen) atoms. The van der Waals surface area contributed by atoms with Crippen LogP contribution in [0.4, 0.5) is 0 Å². The van der Waals surface area contributed by atoms with Crippen LogP contribution < -0.4 is 10.2 Å². The normalized spacial score (nSPS) is 10.4. The highest BCUT2D eigenvalue weighted by Gasteiger charge is 2.04. The molecule has 0 heterocycles. The number of hydrogen-bond donors (Lipinski definition) is 1. The van der Waals surface area contributed by atoms with Gasteiger partial charge in [-0.2, -0.15) is 5.10 Å². The number of ether oxygens (including phenoxy) is 1. The lowest BCUT2D eigenvalue weighted by Gasteiger charge is -2.09. The molecule has 0 radical (unpaired) electrons. The Hall–Kier alpha value is -2.88. The lowest BCUT2D eigenvalue weighted by Crippen LogP contribution is -2.24. The Morgan fingerprint density at radius 3 is 2.64 bits per heavy atom. The lowest BCUT2D eigenvalue weighted by molar-refractivity contribution is -0.123. The van der Waals surface area contributed by atoms with Crippen molar-refractivity contribution >= 4 is 12.1 Å². The molecule has 1 N–H and O–H groups in total. The van der Waals surface area contributed by atoms with E-state index in [1.165, 1.54) is 0 Å². The van der Waals surface area contributed by atoms with Crippen molar-refractivity contribution in [2.24, 2.45) is 5.10 Å². The first-order chi connectivity index (χ1) is 10.8. The lowest BCUT2D eigenvalue weighted by atomic mass is 10.1. The van der Waals surface area contributed by atoms with Gasteiger partial charge in [0.25, 0.3) is 5.91 Å². The number of nitrogens with zero attached hydrogens (tertiary/aromatic N) is 1. The van der Waals surface area contributed by atoms with Crippen molar-refractivity contribution in [3.05, 3.63) is 78.4 Å². The number of carbonyl (C=O) groups is 1. The van der Waals surface area contributed by atoms with Crippen LogP contribution in [0.5, 0.6) is 5.75 Å². The molecule has 2 aromatic rings. The zero-order valence-corrected chi connectivity index (χ0v) is 12.2. The summed E-state index contributed by atoms with van der Waals surface area (Å²) in [7, 11) is 0. The molecule has 4 heteroatoms. The van der Waals surface area contributed by atoms with Crippen molar-refractivity contribution in [2.75, 3.05) is 6.61 Å². The predicted molar refractivity (Wildman–Crippen MR) is 88.0 cm³/mol. The number of hydrazone groups is 1. The zero-order chi connectivity index (χ0) is 15.6. The summed E-state index contributed by atoms with van der Waals surface area (Å²) in [5, 5.41) is 3.89. The van der Waals surface area contributed by atoms with Crippen LogP contribution in [0.3, 0.4) is 0 Å². The third kappa shape index (κ3) is 4.90. The van der Waals surface area contributed by atoms with E-state index in [1.807, 2.05) is 54.6 Å². The average molecular weight is 294 g/mol. The second-order valence-corrected chi connectivity index (χ2v) is 4.59. The third-order valence-electron chi connectivity index (χ3n) is 2.90. The van der Waals surface area contributed by atoms with Crippen LogP contribution in [-0.2, 0) is 11.2 Å². The number of nitrogens with one attached hydrogen (secondary N) is 1. The van der Waals surface area contributed by atoms with Crippen LogP contribution >= 0.6 is 0 Å². The number of rotatable bonds is 7. The van der Waals surface area contributed by atoms with Gasteiger partial charge in [-0.25, -0.2) is 5.43 Å². The van der Waals surface area contributed by atoms with Crippen molar-refractivity contribution in [1.82, 2.24) is 5.43 Å². The Bertz CT molecular complexity index is 651. The minimum atomic E-state index is -0.305. The average Bonchev–Trinajstić information content (AvgIpc) is 2.55. The minimum absolute atomic E-state index is 0.0830. The van der Waals surface area contributed by atoms with Gasteiger partial charge in [0, 0.05) is 0 Å². The van der Waals surface area contributed by atoms with Crippen molar-refractivity contribution in [2.45, 2.75) is 6.42 Å². The zero-order valence-electron chi connectivity index (χ0n) is 12.2. The van der Waals surface area contributed by atoms with E-state index in [2.05, 4.69) is 17.1 Å². The summed E-state index contributed by atoms with van der Waals surface area (Å²) in [6.07, 6.45) is 4.08. The van der Waals surface area contributed by atoms with E-state index in [-0.39, 0.29) is 12.5 Å². The van der Waals surface area contributed by atoms with Crippen molar-refractivity contribution in [3.63, 3.8) is 0 Å². The van der Waals surface area contributed by atoms with Gasteiger partial charge in [-0.3, -0.25) is 4.79 Å². The maximum Gasteiger partial charge on any atom is 0.277 e. The highest BCUT2D eigenvalue weighted by atomic mass is 16.5. The van der Waals surface area contributed by atoms with Crippen LogP contribution in [0.1, 0.15) is 11.1 Å². The van der Waals surface area contributed by atoms with Crippen LogP contribution in [0, 0.1) is 0 Å². The van der Waals surface area contributed by atoms with Gasteiger partial charge in [-0.05, 0) is 23.6 Å². The first-order valence-corrected chi connectivity index (χ1v) is 6.98. The van der Waals surface area contributed by atoms with E-state index in [0.717, 1.165) is 11.1 Å². The topological polar surface area (TPSA) is 50.7 Å². The minimum Gasteiger partial charge on any atom is -0.483 e. The van der Waals surface area contributed by atoms with Gasteiger partial charge in [-0.15, -0.1) is 6.58 Å². The highest BCUT2D eigenvalue weighted by Crippen LogP contribution is 2.18. The number of benzene rings is 2. The van der Waals surface area contributed by atoms with Crippen molar-refractivity contribution in [3.8, 4) is 5.75 Å². The molecule has 0 bridgehead atoms. The van der Waals surface area contributed by atoms with Crippen molar-refractivity contribution < 1.29 is 9.53 Å². The molecule has 0 fully saturated rings. The Balaban J connectivity index is 1.83. The largest absolute Gasteiger partial charge is 0.483 e. The van der Waals surface area contributed by atoms with Gasteiger partial charge in [0.15, 0.2) is 6.61 Å². The maximum absolute atomic E-state index is 11.7. The van der Waals surface area contributed by atoms with Crippen LogP contribution in [0.25, 0.3) is 0 Å². The van der Waals surface area contributed by atoms with Crippen LogP contribution in [0.2, 0.25) is 0 Å². The van der Waals surface area contributed by atoms with Gasteiger partial charge in [0.2, 0.25) is 0 Å². The van der Waals surface area contributed by atoms with Gasteiger partial charge in [-0.1, -0.05) is 54.6 Å². The molecule has 0 saturated heterocycles. The molecular weight excluding hydrogens is 276 g/mol. The van der Waals surface area contributed by atoms with Gasteiger partial charge in [0.1, 0.15) is 5.75 Å². The van der Waals surface area contributed by atoms with E-state index < -0.39 is 0 Å². The molecule has 4 nitrogen and oxygen atoms in total. The summed E-state index contributed by atoms with van der Waals surface area (Å²) < 4.78 is 5.52. The molecule has 1 amide bonds. The first kappa shape index (κ1) is 15.5. The number of allylic oxidation sites excluding steroid dienone is 1. The van der Waals surface area contributed by atoms with E-state index in [4.69, 9.17) is 4.74 Å². The molecule has 0 aliphatic carbocycles. The molecule has 0 aliphatic rings. The summed E-state index contributed by atoms with van der Waals surface area (Å²) >= 11 is 0. The third-order valence-corrected chi connectivity index (χ3v) is 2.90. The second-order valence-electron chi connectivity index (χ2n) is 4.59. The van der Waals surface area contributed by atoms with E-state index in [9.17, 15) is 4.79 Å². The predicted octanol–water partition coefficient (Wildman–Crippen LogP) is 2.94. The highest BCUT2D eigenvalue weighted by molar-refractivity contribution is 5.82. The molecule has 0 spiro atoms. The summed E-state index contributed by atoms with van der Waals surface area (Å²) in [4.78, 5) is 11.7. The molecular formula is C18H18N2O2. The molecule has 112 valence electrons. The van der Waals surface area contributed by atoms with E-state index in [0.29, 0.717) is 12.2 Å². The Labute approximate surface area is 130 Å². The van der Waals surface area contributed by atoms with E-state index >= 15 is 0 Å². The smallest absolute Gasteiger partial charge is 0.277 e. The van der Waals surface area contributed by atoms with Crippen LogP contribution in [0.15, 0.2) is 72.4 Å². The second kappa shape index (κ2) is 8.42. The Kier molecular flexibility index (Phi) is 5.93. The Morgan fingerprint density at radius 2 is 1.86 bits per heavy atom. The monoisotopic (exact) mass is 294 g/mol. The summed E-state index contributed by atoms with van der Waals surface area (Å²) in [6.45, 7) is 3.62. The summed E-state index contributed by atoms with van der Waals surface area (Å²) in [5.74, 6) is 0.380. The Morgan fingerprint density at radius 1 is 1.14 bits per heavy atom. The number of hydrogen-bond acceptors (Lipinski definition) is 3. The summed E-state index contributed by atoms with van der Waals surface area (Å²) in [6, 6.07) is 17.1. The van der Waals surface area contributed by atoms with Crippen molar-refractivity contribution in [1.29, 1.82) is 0 Å². The van der Waals surface area contributed by atoms with E-state index in [1.54, 1.807) is 12.3 Å². The number of carbonyl (C=O) groups excluding carboxylic acids is 1. The van der Waals surface area contributed by atoms with Gasteiger partial charge >= 0.3 is 0 Å². The SMILES string of the molecule is C=CCc1ccccc1OCC(=O)N/N=C\c1ccccc1. The molecule has 0 unspecified atom stereocenters. The summed E-state index contributed by atoms with van der Waals surface area (Å²) in [5.41, 5.74) is 4.35. The maximum atomic E-state index is 11.7. The van der Waals surface area contributed by atoms with Gasteiger partial charge < -0.3 is 4.74 Å². The molecule has 0 saturated carbocycles. The fourth-order valence-electron chi connectivity index (χ4n) is 1.86. The molecule has 2 aromatic carbocycles. The fourth-order valence-corrected chi connectivity index (χ4v) is 1.86. The fraction of sp³-hybridized carbons (Fsp3) is 0.111. The molecule has 2 rings (SSSR count). The van der Waals surface area contributed by atoms with Gasteiger partial charge in [0.05, 0.1) is 6.21 Å². The molecule has 0 aliphatic heterocycles. The standard InChI is InChI=1S/C18H18N2O2/c1-2-8-16-11-6-7-12-17(16)22-14-18(21)20-19-13-15-9-4-3-5-10-15/h2-7,9-13H,1,8,14H2,(H,20,21)/b19-13-. The quantitative estimate of drug-likeness (QED) is 0.485. The molecule has 0 aromatic heterocycles. The molecule has 0 atom stereocenters.